The van der Waals surface area contributed by atoms with E-state index in [9.17, 15) is 17.6 Å². The van der Waals surface area contributed by atoms with Gasteiger partial charge in [0, 0.05) is 6.07 Å². The molecule has 0 atom stereocenters. The minimum absolute atomic E-state index is 0. The van der Waals surface area contributed by atoms with Gasteiger partial charge < -0.3 is 10.6 Å². The summed E-state index contributed by atoms with van der Waals surface area (Å²) in [6.45, 7) is 0. The Labute approximate surface area is 64.4 Å². The first-order chi connectivity index (χ1) is 5.04. The number of phenols is 1. The second-order valence-corrected chi connectivity index (χ2v) is 1.82. The van der Waals surface area contributed by atoms with Gasteiger partial charge in [-0.25, -0.2) is 8.78 Å². The molecule has 1 aromatic rings. The lowest BCUT2D eigenvalue weighted by atomic mass is 10.3. The van der Waals surface area contributed by atoms with E-state index in [2.05, 4.69) is 0 Å². The zero-order valence-corrected chi connectivity index (χ0v) is 5.54. The molecule has 12 heavy (non-hydrogen) atoms. The third kappa shape index (κ3) is 1.48. The molecule has 0 spiro atoms. The fraction of sp³-hybridized carbons (Fsp3) is 0. The number of hydrogen-bond donors (Lipinski definition) is 1. The van der Waals surface area contributed by atoms with Crippen molar-refractivity contribution in [1.82, 2.24) is 0 Å². The molecular formula is C6H4F4O2. The smallest absolute Gasteiger partial charge is 0.203 e. The Morgan fingerprint density at radius 2 is 1.25 bits per heavy atom. The molecule has 0 fully saturated rings. The van der Waals surface area contributed by atoms with Crippen LogP contribution in [0.5, 0.6) is 5.75 Å². The van der Waals surface area contributed by atoms with Gasteiger partial charge in [0.2, 0.25) is 11.6 Å². The summed E-state index contributed by atoms with van der Waals surface area (Å²) in [5.74, 6) is -8.46. The van der Waals surface area contributed by atoms with Crippen molar-refractivity contribution in [2.45, 2.75) is 0 Å². The third-order valence-corrected chi connectivity index (χ3v) is 1.09. The quantitative estimate of drug-likeness (QED) is 0.476. The van der Waals surface area contributed by atoms with Crippen molar-refractivity contribution in [2.24, 2.45) is 0 Å². The van der Waals surface area contributed by atoms with Gasteiger partial charge in [-0.2, -0.15) is 8.78 Å². The molecule has 0 amide bonds. The SMILES string of the molecule is O.Oc1c(F)c(F)cc(F)c1F. The van der Waals surface area contributed by atoms with E-state index in [0.717, 1.165) is 0 Å². The molecule has 0 aliphatic carbocycles. The first-order valence-corrected chi connectivity index (χ1v) is 2.56. The van der Waals surface area contributed by atoms with Crippen LogP contribution < -0.4 is 0 Å². The lowest BCUT2D eigenvalue weighted by Gasteiger charge is -1.98. The number of halogens is 4. The Morgan fingerprint density at radius 1 is 0.917 bits per heavy atom. The number of benzene rings is 1. The van der Waals surface area contributed by atoms with Gasteiger partial charge in [0.05, 0.1) is 0 Å². The monoisotopic (exact) mass is 184 g/mol. The third-order valence-electron chi connectivity index (χ3n) is 1.09. The standard InChI is InChI=1S/C6H2F4O.H2O/c7-2-1-3(8)5(10)6(11)4(2)9;/h1,11H;1H2. The summed E-state index contributed by atoms with van der Waals surface area (Å²) in [4.78, 5) is 0. The van der Waals surface area contributed by atoms with E-state index in [4.69, 9.17) is 5.11 Å². The average molecular weight is 184 g/mol. The van der Waals surface area contributed by atoms with Crippen LogP contribution in [0, 0.1) is 23.3 Å². The summed E-state index contributed by atoms with van der Waals surface area (Å²) >= 11 is 0. The predicted octanol–water partition coefficient (Wildman–Crippen LogP) is 1.12. The van der Waals surface area contributed by atoms with Crippen molar-refractivity contribution >= 4 is 0 Å². The van der Waals surface area contributed by atoms with E-state index < -0.39 is 29.0 Å². The largest absolute Gasteiger partial charge is 0.503 e. The number of aromatic hydroxyl groups is 1. The number of phenolic OH excluding ortho intramolecular Hbond substituents is 1. The van der Waals surface area contributed by atoms with Crippen LogP contribution in [0.1, 0.15) is 0 Å². The van der Waals surface area contributed by atoms with Crippen LogP contribution in [0.2, 0.25) is 0 Å². The van der Waals surface area contributed by atoms with Gasteiger partial charge in [-0.15, -0.1) is 0 Å². The summed E-state index contributed by atoms with van der Waals surface area (Å²) in [5, 5.41) is 8.34. The highest BCUT2D eigenvalue weighted by Gasteiger charge is 2.17. The van der Waals surface area contributed by atoms with E-state index in [1.165, 1.54) is 0 Å². The Bertz CT molecular complexity index is 274. The van der Waals surface area contributed by atoms with E-state index in [1.807, 2.05) is 0 Å². The molecule has 0 aromatic heterocycles. The van der Waals surface area contributed by atoms with Gasteiger partial charge in [0.25, 0.3) is 0 Å². The summed E-state index contributed by atoms with van der Waals surface area (Å²) < 4.78 is 48.4. The second-order valence-electron chi connectivity index (χ2n) is 1.82. The molecule has 0 saturated carbocycles. The van der Waals surface area contributed by atoms with E-state index in [0.29, 0.717) is 0 Å². The minimum Gasteiger partial charge on any atom is -0.503 e. The van der Waals surface area contributed by atoms with E-state index in [-0.39, 0.29) is 11.5 Å². The molecule has 0 saturated heterocycles. The molecule has 0 heterocycles. The molecule has 68 valence electrons. The van der Waals surface area contributed by atoms with Crippen molar-refractivity contribution in [1.29, 1.82) is 0 Å². The molecule has 0 aliphatic rings. The average Bonchev–Trinajstić information content (AvgIpc) is 1.97. The molecule has 2 nitrogen and oxygen atoms in total. The Balaban J connectivity index is 0.00000121. The molecular weight excluding hydrogens is 180 g/mol. The maximum Gasteiger partial charge on any atom is 0.203 e. The van der Waals surface area contributed by atoms with Crippen LogP contribution >= 0.6 is 0 Å². The maximum atomic E-state index is 12.1. The van der Waals surface area contributed by atoms with E-state index in [1.54, 1.807) is 0 Å². The molecule has 1 rings (SSSR count). The van der Waals surface area contributed by atoms with Crippen LogP contribution in [0.15, 0.2) is 6.07 Å². The van der Waals surface area contributed by atoms with Crippen LogP contribution in [0.3, 0.4) is 0 Å². The summed E-state index contributed by atoms with van der Waals surface area (Å²) in [6.07, 6.45) is 0. The summed E-state index contributed by atoms with van der Waals surface area (Å²) in [5.41, 5.74) is 0. The highest BCUT2D eigenvalue weighted by atomic mass is 19.2. The van der Waals surface area contributed by atoms with Crippen LogP contribution in [0.4, 0.5) is 17.6 Å². The first-order valence-electron chi connectivity index (χ1n) is 2.56. The van der Waals surface area contributed by atoms with Gasteiger partial charge >= 0.3 is 0 Å². The zero-order chi connectivity index (χ0) is 8.59. The normalized spacial score (nSPS) is 9.33. The summed E-state index contributed by atoms with van der Waals surface area (Å²) in [7, 11) is 0. The zero-order valence-electron chi connectivity index (χ0n) is 5.54. The molecule has 0 unspecified atom stereocenters. The number of rotatable bonds is 0. The van der Waals surface area contributed by atoms with Crippen molar-refractivity contribution in [3.05, 3.63) is 29.3 Å². The first kappa shape index (κ1) is 10.7. The highest BCUT2D eigenvalue weighted by Crippen LogP contribution is 2.24. The van der Waals surface area contributed by atoms with E-state index >= 15 is 0 Å². The molecule has 0 aliphatic heterocycles. The van der Waals surface area contributed by atoms with Crippen LogP contribution in [-0.4, -0.2) is 10.6 Å². The van der Waals surface area contributed by atoms with Gasteiger partial charge in [0.15, 0.2) is 17.4 Å². The topological polar surface area (TPSA) is 51.7 Å². The van der Waals surface area contributed by atoms with Gasteiger partial charge in [-0.1, -0.05) is 0 Å². The van der Waals surface area contributed by atoms with Gasteiger partial charge in [-0.05, 0) is 0 Å². The van der Waals surface area contributed by atoms with Crippen molar-refractivity contribution in [3.8, 4) is 5.75 Å². The number of hydrogen-bond acceptors (Lipinski definition) is 1. The minimum atomic E-state index is -1.79. The van der Waals surface area contributed by atoms with Crippen molar-refractivity contribution in [3.63, 3.8) is 0 Å². The fourth-order valence-corrected chi connectivity index (χ4v) is 0.561. The molecule has 1 aromatic carbocycles. The molecule has 0 radical (unpaired) electrons. The molecule has 3 N–H and O–H groups in total. The molecule has 6 heteroatoms. The lowest BCUT2D eigenvalue weighted by molar-refractivity contribution is 0.356. The Hall–Kier alpha value is -1.30. The maximum absolute atomic E-state index is 12.1. The van der Waals surface area contributed by atoms with Gasteiger partial charge in [0.1, 0.15) is 0 Å². The van der Waals surface area contributed by atoms with Crippen molar-refractivity contribution < 1.29 is 28.1 Å². The Kier molecular flexibility index (Phi) is 3.03. The lowest BCUT2D eigenvalue weighted by Crippen LogP contribution is -1.92. The summed E-state index contributed by atoms with van der Waals surface area (Å²) in [6, 6.07) is 0.0182. The predicted molar refractivity (Wildman–Crippen MR) is 31.6 cm³/mol. The van der Waals surface area contributed by atoms with Crippen LogP contribution in [-0.2, 0) is 0 Å². The Morgan fingerprint density at radius 3 is 1.58 bits per heavy atom. The van der Waals surface area contributed by atoms with Crippen molar-refractivity contribution in [2.75, 3.05) is 0 Å². The highest BCUT2D eigenvalue weighted by molar-refractivity contribution is 5.26. The van der Waals surface area contributed by atoms with Gasteiger partial charge in [-0.3, -0.25) is 0 Å². The fourth-order valence-electron chi connectivity index (χ4n) is 0.561. The second kappa shape index (κ2) is 3.40. The van der Waals surface area contributed by atoms with Crippen LogP contribution in [0.25, 0.3) is 0 Å². The molecule has 0 bridgehead atoms.